The van der Waals surface area contributed by atoms with Gasteiger partial charge in [0, 0.05) is 11.5 Å². The van der Waals surface area contributed by atoms with Gasteiger partial charge in [0.2, 0.25) is 0 Å². The van der Waals surface area contributed by atoms with E-state index < -0.39 is 0 Å². The van der Waals surface area contributed by atoms with Crippen molar-refractivity contribution in [2.24, 2.45) is 5.92 Å². The number of hydrogen-bond donors (Lipinski definition) is 0. The largest absolute Gasteiger partial charge is 0.289 e. The summed E-state index contributed by atoms with van der Waals surface area (Å²) in [7, 11) is 0. The fourth-order valence-corrected chi connectivity index (χ4v) is 2.47. The molecule has 1 nitrogen and oxygen atoms in total. The maximum atomic E-state index is 12.3. The molecule has 2 aliphatic rings. The molecule has 0 bridgehead atoms. The molecule has 17 heavy (non-hydrogen) atoms. The van der Waals surface area contributed by atoms with E-state index >= 15 is 0 Å². The zero-order valence-corrected chi connectivity index (χ0v) is 9.60. The van der Waals surface area contributed by atoms with Crippen LogP contribution in [0.2, 0.25) is 0 Å². The molecule has 0 aromatic heterocycles. The summed E-state index contributed by atoms with van der Waals surface area (Å²) in [6.45, 7) is 0. The third kappa shape index (κ3) is 1.89. The van der Waals surface area contributed by atoms with Gasteiger partial charge < -0.3 is 0 Å². The van der Waals surface area contributed by atoms with Gasteiger partial charge in [-0.05, 0) is 24.0 Å². The summed E-state index contributed by atoms with van der Waals surface area (Å²) in [5.74, 6) is 0.514. The van der Waals surface area contributed by atoms with Gasteiger partial charge >= 0.3 is 0 Å². The number of ketones is 1. The second kappa shape index (κ2) is 4.17. The zero-order chi connectivity index (χ0) is 11.7. The fraction of sp³-hybridized carbons (Fsp3) is 0.188. The summed E-state index contributed by atoms with van der Waals surface area (Å²) >= 11 is 0. The molecule has 0 saturated heterocycles. The number of carbonyl (C=O) groups excluding carboxylic acids is 1. The van der Waals surface area contributed by atoms with Crippen LogP contribution in [0.1, 0.15) is 22.3 Å². The SMILES string of the molecule is O=C1/C(=C/C2C=CC=C2)CCc2ccccc21. The van der Waals surface area contributed by atoms with Gasteiger partial charge in [-0.2, -0.15) is 0 Å². The van der Waals surface area contributed by atoms with Crippen molar-refractivity contribution in [3.63, 3.8) is 0 Å². The summed E-state index contributed by atoms with van der Waals surface area (Å²) in [6.07, 6.45) is 12.2. The highest BCUT2D eigenvalue weighted by molar-refractivity contribution is 6.10. The molecule has 0 aliphatic heterocycles. The molecular formula is C16H14O. The Morgan fingerprint density at radius 2 is 1.82 bits per heavy atom. The number of rotatable bonds is 1. The van der Waals surface area contributed by atoms with Crippen molar-refractivity contribution in [2.45, 2.75) is 12.8 Å². The molecule has 2 aliphatic carbocycles. The van der Waals surface area contributed by atoms with Crippen LogP contribution in [0.4, 0.5) is 0 Å². The molecule has 0 N–H and O–H groups in total. The minimum absolute atomic E-state index is 0.209. The molecule has 1 aromatic carbocycles. The second-order valence-corrected chi connectivity index (χ2v) is 4.53. The Morgan fingerprint density at radius 1 is 1.06 bits per heavy atom. The number of Topliss-reactive ketones (excluding diaryl/α,β-unsaturated/α-hetero) is 1. The summed E-state index contributed by atoms with van der Waals surface area (Å²) in [5, 5.41) is 0. The van der Waals surface area contributed by atoms with E-state index in [-0.39, 0.29) is 5.78 Å². The van der Waals surface area contributed by atoms with E-state index in [2.05, 4.69) is 24.3 Å². The van der Waals surface area contributed by atoms with E-state index in [1.807, 2.05) is 30.4 Å². The lowest BCUT2D eigenvalue weighted by molar-refractivity contribution is 0.102. The number of aryl methyl sites for hydroxylation is 1. The first kappa shape index (κ1) is 10.3. The lowest BCUT2D eigenvalue weighted by Gasteiger charge is -2.17. The monoisotopic (exact) mass is 222 g/mol. The fourth-order valence-electron chi connectivity index (χ4n) is 2.47. The van der Waals surface area contributed by atoms with Gasteiger partial charge in [0.15, 0.2) is 5.78 Å². The van der Waals surface area contributed by atoms with Crippen molar-refractivity contribution < 1.29 is 4.79 Å². The average molecular weight is 222 g/mol. The van der Waals surface area contributed by atoms with E-state index in [4.69, 9.17) is 0 Å². The molecule has 0 heterocycles. The Kier molecular flexibility index (Phi) is 2.52. The van der Waals surface area contributed by atoms with Crippen LogP contribution >= 0.6 is 0 Å². The molecule has 0 spiro atoms. The van der Waals surface area contributed by atoms with Gasteiger partial charge in [-0.25, -0.2) is 0 Å². The Balaban J connectivity index is 1.94. The van der Waals surface area contributed by atoms with Crippen molar-refractivity contribution in [1.82, 2.24) is 0 Å². The first-order valence-electron chi connectivity index (χ1n) is 6.03. The van der Waals surface area contributed by atoms with Crippen LogP contribution in [0.25, 0.3) is 0 Å². The summed E-state index contributed by atoms with van der Waals surface area (Å²) in [6, 6.07) is 7.93. The highest BCUT2D eigenvalue weighted by Gasteiger charge is 2.21. The van der Waals surface area contributed by atoms with Gasteiger partial charge in [0.25, 0.3) is 0 Å². The van der Waals surface area contributed by atoms with Crippen LogP contribution in [-0.4, -0.2) is 5.78 Å². The van der Waals surface area contributed by atoms with E-state index in [0.29, 0.717) is 5.92 Å². The third-order valence-corrected chi connectivity index (χ3v) is 3.39. The van der Waals surface area contributed by atoms with Gasteiger partial charge in [-0.3, -0.25) is 4.79 Å². The number of allylic oxidation sites excluding steroid dienone is 6. The zero-order valence-electron chi connectivity index (χ0n) is 9.60. The Labute approximate surface area is 101 Å². The summed E-state index contributed by atoms with van der Waals surface area (Å²) < 4.78 is 0. The number of benzene rings is 1. The van der Waals surface area contributed by atoms with Crippen molar-refractivity contribution in [1.29, 1.82) is 0 Å². The maximum absolute atomic E-state index is 12.3. The molecule has 3 rings (SSSR count). The van der Waals surface area contributed by atoms with Gasteiger partial charge in [0.05, 0.1) is 0 Å². The van der Waals surface area contributed by atoms with Crippen molar-refractivity contribution in [2.75, 3.05) is 0 Å². The quantitative estimate of drug-likeness (QED) is 0.665. The van der Waals surface area contributed by atoms with Crippen LogP contribution in [0.3, 0.4) is 0 Å². The molecule has 0 fully saturated rings. The Morgan fingerprint density at radius 3 is 2.65 bits per heavy atom. The molecule has 1 aromatic rings. The Bertz CT molecular complexity index is 534. The van der Waals surface area contributed by atoms with E-state index in [9.17, 15) is 4.79 Å². The van der Waals surface area contributed by atoms with Gasteiger partial charge in [-0.1, -0.05) is 54.6 Å². The predicted octanol–water partition coefficient (Wildman–Crippen LogP) is 3.48. The molecule has 0 amide bonds. The van der Waals surface area contributed by atoms with E-state index in [1.165, 1.54) is 5.56 Å². The lowest BCUT2D eigenvalue weighted by atomic mass is 9.85. The van der Waals surface area contributed by atoms with Crippen LogP contribution in [0.15, 0.2) is 60.2 Å². The van der Waals surface area contributed by atoms with Crippen molar-refractivity contribution >= 4 is 5.78 Å². The Hall–Kier alpha value is -1.89. The normalized spacial score (nSPS) is 21.2. The highest BCUT2D eigenvalue weighted by Crippen LogP contribution is 2.26. The smallest absolute Gasteiger partial charge is 0.189 e. The lowest BCUT2D eigenvalue weighted by Crippen LogP contribution is -2.14. The molecular weight excluding hydrogens is 208 g/mol. The van der Waals surface area contributed by atoms with E-state index in [0.717, 1.165) is 24.0 Å². The topological polar surface area (TPSA) is 17.1 Å². The summed E-state index contributed by atoms with van der Waals surface area (Å²) in [5.41, 5.74) is 3.04. The van der Waals surface area contributed by atoms with Crippen LogP contribution in [-0.2, 0) is 6.42 Å². The number of carbonyl (C=O) groups is 1. The number of hydrogen-bond acceptors (Lipinski definition) is 1. The molecule has 84 valence electrons. The summed E-state index contributed by atoms with van der Waals surface area (Å²) in [4.78, 5) is 12.3. The number of fused-ring (bicyclic) bond motifs is 1. The molecule has 0 radical (unpaired) electrons. The molecule has 0 atom stereocenters. The second-order valence-electron chi connectivity index (χ2n) is 4.53. The molecule has 1 heteroatoms. The van der Waals surface area contributed by atoms with Crippen molar-refractivity contribution in [3.05, 3.63) is 71.3 Å². The van der Waals surface area contributed by atoms with Gasteiger partial charge in [-0.15, -0.1) is 0 Å². The molecule has 0 unspecified atom stereocenters. The predicted molar refractivity (Wildman–Crippen MR) is 68.9 cm³/mol. The average Bonchev–Trinajstić information content (AvgIpc) is 2.86. The van der Waals surface area contributed by atoms with E-state index in [1.54, 1.807) is 0 Å². The highest BCUT2D eigenvalue weighted by atomic mass is 16.1. The first-order chi connectivity index (χ1) is 8.34. The third-order valence-electron chi connectivity index (χ3n) is 3.39. The first-order valence-corrected chi connectivity index (χ1v) is 6.03. The minimum Gasteiger partial charge on any atom is -0.289 e. The van der Waals surface area contributed by atoms with Gasteiger partial charge in [0.1, 0.15) is 0 Å². The molecule has 0 saturated carbocycles. The van der Waals surface area contributed by atoms with Crippen LogP contribution in [0.5, 0.6) is 0 Å². The standard InChI is InChI=1S/C16H14O/c17-16-14(11-12-5-1-2-6-12)10-9-13-7-3-4-8-15(13)16/h1-8,11-12H,9-10H2/b14-11+. The van der Waals surface area contributed by atoms with Crippen molar-refractivity contribution in [3.8, 4) is 0 Å². The van der Waals surface area contributed by atoms with Crippen LogP contribution in [0, 0.1) is 5.92 Å². The van der Waals surface area contributed by atoms with Crippen LogP contribution < -0.4 is 0 Å². The maximum Gasteiger partial charge on any atom is 0.189 e. The minimum atomic E-state index is 0.209.